The fourth-order valence-electron chi connectivity index (χ4n) is 2.96. The van der Waals surface area contributed by atoms with Gasteiger partial charge >= 0.3 is 0 Å². The first kappa shape index (κ1) is 16.1. The Balaban J connectivity index is 1.60. The number of amides is 1. The number of benzene rings is 1. The molecule has 0 aliphatic carbocycles. The van der Waals surface area contributed by atoms with Crippen molar-refractivity contribution in [3.05, 3.63) is 58.5 Å². The molecule has 0 bridgehead atoms. The molecule has 1 aliphatic rings. The minimum atomic E-state index is 0.0737. The molecule has 1 amide bonds. The molecule has 2 heterocycles. The van der Waals surface area contributed by atoms with Crippen LogP contribution in [0.2, 0.25) is 5.02 Å². The van der Waals surface area contributed by atoms with E-state index in [2.05, 4.69) is 17.0 Å². The average Bonchev–Trinajstić information content (AvgIpc) is 2.84. The summed E-state index contributed by atoms with van der Waals surface area (Å²) >= 11 is 5.93. The van der Waals surface area contributed by atoms with Crippen LogP contribution in [0.1, 0.15) is 28.1 Å². The van der Waals surface area contributed by atoms with Gasteiger partial charge in [-0.2, -0.15) is 0 Å². The summed E-state index contributed by atoms with van der Waals surface area (Å²) in [5.41, 5.74) is 1.93. The van der Waals surface area contributed by atoms with Crippen molar-refractivity contribution in [3.63, 3.8) is 0 Å². The Morgan fingerprint density at radius 2 is 1.91 bits per heavy atom. The molecule has 0 N–H and O–H groups in total. The van der Waals surface area contributed by atoms with Gasteiger partial charge in [0.2, 0.25) is 0 Å². The summed E-state index contributed by atoms with van der Waals surface area (Å²) in [6, 6.07) is 9.72. The first-order valence-corrected chi connectivity index (χ1v) is 8.31. The Hall–Kier alpha value is -1.78. The highest BCUT2D eigenvalue weighted by Gasteiger charge is 2.22. The zero-order valence-corrected chi connectivity index (χ0v) is 14.1. The predicted octanol–water partition coefficient (Wildman–Crippen LogP) is 3.59. The molecule has 0 spiro atoms. The maximum absolute atomic E-state index is 12.6. The van der Waals surface area contributed by atoms with Crippen molar-refractivity contribution in [2.75, 3.05) is 26.2 Å². The van der Waals surface area contributed by atoms with Gasteiger partial charge in [-0.25, -0.2) is 0 Å². The zero-order chi connectivity index (χ0) is 16.2. The Bertz CT molecular complexity index is 666. The fraction of sp³-hybridized carbons (Fsp3) is 0.389. The molecule has 1 fully saturated rings. The van der Waals surface area contributed by atoms with E-state index in [0.29, 0.717) is 11.3 Å². The number of carbonyl (C=O) groups is 1. The normalized spacial score (nSPS) is 16.3. The SMILES string of the molecule is Cc1occc1C(=O)N1CCCN(Cc2ccc(Cl)cc2)CC1. The molecule has 1 saturated heterocycles. The van der Waals surface area contributed by atoms with Gasteiger partial charge in [0.05, 0.1) is 11.8 Å². The molecule has 1 aromatic heterocycles. The number of rotatable bonds is 3. The summed E-state index contributed by atoms with van der Waals surface area (Å²) in [6.45, 7) is 6.14. The number of aryl methyl sites for hydroxylation is 1. The third-order valence-electron chi connectivity index (χ3n) is 4.28. The van der Waals surface area contributed by atoms with Crippen molar-refractivity contribution in [2.45, 2.75) is 19.9 Å². The van der Waals surface area contributed by atoms with Gasteiger partial charge in [-0.3, -0.25) is 9.69 Å². The van der Waals surface area contributed by atoms with Crippen LogP contribution in [0.5, 0.6) is 0 Å². The highest BCUT2D eigenvalue weighted by molar-refractivity contribution is 6.30. The first-order chi connectivity index (χ1) is 11.1. The Labute approximate surface area is 141 Å². The number of hydrogen-bond donors (Lipinski definition) is 0. The summed E-state index contributed by atoms with van der Waals surface area (Å²) in [4.78, 5) is 16.9. The van der Waals surface area contributed by atoms with Crippen molar-refractivity contribution < 1.29 is 9.21 Å². The quantitative estimate of drug-likeness (QED) is 0.862. The van der Waals surface area contributed by atoms with Crippen LogP contribution in [-0.4, -0.2) is 41.9 Å². The summed E-state index contributed by atoms with van der Waals surface area (Å²) in [5, 5.41) is 0.761. The first-order valence-electron chi connectivity index (χ1n) is 7.93. The molecule has 0 saturated carbocycles. The molecule has 23 heavy (non-hydrogen) atoms. The van der Waals surface area contributed by atoms with Gasteiger partial charge in [-0.15, -0.1) is 0 Å². The second-order valence-electron chi connectivity index (χ2n) is 5.94. The lowest BCUT2D eigenvalue weighted by Gasteiger charge is -2.22. The van der Waals surface area contributed by atoms with Crippen molar-refractivity contribution in [1.29, 1.82) is 0 Å². The third-order valence-corrected chi connectivity index (χ3v) is 4.54. The van der Waals surface area contributed by atoms with Crippen LogP contribution in [0.4, 0.5) is 0 Å². The third kappa shape index (κ3) is 3.95. The van der Waals surface area contributed by atoms with Crippen LogP contribution in [0, 0.1) is 6.92 Å². The molecular weight excluding hydrogens is 312 g/mol. The van der Waals surface area contributed by atoms with Gasteiger partial charge in [0.25, 0.3) is 5.91 Å². The zero-order valence-electron chi connectivity index (χ0n) is 13.3. The summed E-state index contributed by atoms with van der Waals surface area (Å²) in [5.74, 6) is 0.766. The molecule has 0 radical (unpaired) electrons. The lowest BCUT2D eigenvalue weighted by atomic mass is 10.2. The van der Waals surface area contributed by atoms with Gasteiger partial charge in [0.1, 0.15) is 5.76 Å². The molecule has 0 unspecified atom stereocenters. The highest BCUT2D eigenvalue weighted by Crippen LogP contribution is 2.16. The number of nitrogens with zero attached hydrogens (tertiary/aromatic N) is 2. The van der Waals surface area contributed by atoms with Crippen molar-refractivity contribution >= 4 is 17.5 Å². The summed E-state index contributed by atoms with van der Waals surface area (Å²) in [7, 11) is 0. The number of furan rings is 1. The number of halogens is 1. The molecule has 1 aliphatic heterocycles. The maximum atomic E-state index is 12.6. The largest absolute Gasteiger partial charge is 0.469 e. The van der Waals surface area contributed by atoms with E-state index in [1.54, 1.807) is 12.3 Å². The van der Waals surface area contributed by atoms with E-state index < -0.39 is 0 Å². The van der Waals surface area contributed by atoms with E-state index >= 15 is 0 Å². The topological polar surface area (TPSA) is 36.7 Å². The highest BCUT2D eigenvalue weighted by atomic mass is 35.5. The molecule has 4 nitrogen and oxygen atoms in total. The van der Waals surface area contributed by atoms with E-state index in [0.717, 1.165) is 44.2 Å². The molecule has 2 aromatic rings. The monoisotopic (exact) mass is 332 g/mol. The van der Waals surface area contributed by atoms with Crippen LogP contribution in [0.25, 0.3) is 0 Å². The van der Waals surface area contributed by atoms with E-state index in [1.807, 2.05) is 24.0 Å². The van der Waals surface area contributed by atoms with E-state index in [4.69, 9.17) is 16.0 Å². The van der Waals surface area contributed by atoms with Crippen molar-refractivity contribution in [1.82, 2.24) is 9.80 Å². The van der Waals surface area contributed by atoms with Crippen LogP contribution in [0.15, 0.2) is 41.0 Å². The molecule has 1 aromatic carbocycles. The minimum Gasteiger partial charge on any atom is -0.469 e. The molecular formula is C18H21ClN2O2. The predicted molar refractivity (Wildman–Crippen MR) is 90.7 cm³/mol. The second kappa shape index (κ2) is 7.20. The van der Waals surface area contributed by atoms with E-state index in [9.17, 15) is 4.79 Å². The second-order valence-corrected chi connectivity index (χ2v) is 6.38. The molecule has 0 atom stereocenters. The van der Waals surface area contributed by atoms with Gasteiger partial charge in [0, 0.05) is 37.7 Å². The van der Waals surface area contributed by atoms with Crippen LogP contribution in [0.3, 0.4) is 0 Å². The maximum Gasteiger partial charge on any atom is 0.257 e. The van der Waals surface area contributed by atoms with Crippen LogP contribution < -0.4 is 0 Å². The smallest absolute Gasteiger partial charge is 0.257 e. The fourth-order valence-corrected chi connectivity index (χ4v) is 3.08. The lowest BCUT2D eigenvalue weighted by Crippen LogP contribution is -2.35. The Morgan fingerprint density at radius 3 is 2.61 bits per heavy atom. The minimum absolute atomic E-state index is 0.0737. The average molecular weight is 333 g/mol. The van der Waals surface area contributed by atoms with Gasteiger partial charge in [-0.05, 0) is 37.1 Å². The summed E-state index contributed by atoms with van der Waals surface area (Å²) in [6.07, 6.45) is 2.56. The van der Waals surface area contributed by atoms with Gasteiger partial charge in [-0.1, -0.05) is 23.7 Å². The molecule has 3 rings (SSSR count). The van der Waals surface area contributed by atoms with Gasteiger partial charge < -0.3 is 9.32 Å². The number of carbonyl (C=O) groups excluding carboxylic acids is 1. The Morgan fingerprint density at radius 1 is 1.13 bits per heavy atom. The lowest BCUT2D eigenvalue weighted by molar-refractivity contribution is 0.0759. The van der Waals surface area contributed by atoms with E-state index in [1.165, 1.54) is 5.56 Å². The molecule has 5 heteroatoms. The van der Waals surface area contributed by atoms with Crippen LogP contribution in [-0.2, 0) is 6.54 Å². The van der Waals surface area contributed by atoms with Crippen molar-refractivity contribution in [2.24, 2.45) is 0 Å². The number of hydrogen-bond acceptors (Lipinski definition) is 3. The van der Waals surface area contributed by atoms with Crippen LogP contribution >= 0.6 is 11.6 Å². The van der Waals surface area contributed by atoms with Crippen molar-refractivity contribution in [3.8, 4) is 0 Å². The molecule has 122 valence electrons. The van der Waals surface area contributed by atoms with Gasteiger partial charge in [0.15, 0.2) is 0 Å². The Kier molecular flexibility index (Phi) is 5.03. The van der Waals surface area contributed by atoms with E-state index in [-0.39, 0.29) is 5.91 Å². The standard InChI is InChI=1S/C18H21ClN2O2/c1-14-17(7-12-23-14)18(22)21-9-2-8-20(10-11-21)13-15-3-5-16(19)6-4-15/h3-7,12H,2,8-11,13H2,1H3. The summed E-state index contributed by atoms with van der Waals surface area (Å²) < 4.78 is 5.25.